The van der Waals surface area contributed by atoms with Crippen molar-refractivity contribution in [3.8, 4) is 0 Å². The Morgan fingerprint density at radius 3 is 2.07 bits per heavy atom. The molecular formula is C12H16O2. The van der Waals surface area contributed by atoms with E-state index in [1.54, 1.807) is 24.3 Å². The van der Waals surface area contributed by atoms with E-state index in [0.717, 1.165) is 11.8 Å². The van der Waals surface area contributed by atoms with Crippen molar-refractivity contribution in [2.24, 2.45) is 5.41 Å². The zero-order valence-electron chi connectivity index (χ0n) is 8.82. The Balaban J connectivity index is 2.92. The average Bonchev–Trinajstić information content (AvgIpc) is 2.15. The number of aldehydes is 1. The molecular weight excluding hydrogens is 176 g/mol. The first-order valence-electron chi connectivity index (χ1n) is 4.68. The summed E-state index contributed by atoms with van der Waals surface area (Å²) in [6.45, 7) is 5.93. The third-order valence-electron chi connectivity index (χ3n) is 2.21. The first-order chi connectivity index (χ1) is 6.45. The number of aliphatic hydroxyl groups is 1. The van der Waals surface area contributed by atoms with Gasteiger partial charge in [-0.25, -0.2) is 0 Å². The Labute approximate surface area is 84.6 Å². The molecule has 1 rings (SSSR count). The van der Waals surface area contributed by atoms with Gasteiger partial charge in [0.1, 0.15) is 6.29 Å². The molecule has 2 heteroatoms. The van der Waals surface area contributed by atoms with Crippen molar-refractivity contribution in [3.63, 3.8) is 0 Å². The third-order valence-corrected chi connectivity index (χ3v) is 2.21. The Morgan fingerprint density at radius 2 is 1.71 bits per heavy atom. The third kappa shape index (κ3) is 2.42. The highest BCUT2D eigenvalue weighted by Crippen LogP contribution is 2.32. The molecule has 0 spiro atoms. The maximum atomic E-state index is 10.4. The summed E-state index contributed by atoms with van der Waals surface area (Å²) >= 11 is 0. The molecule has 0 saturated carbocycles. The van der Waals surface area contributed by atoms with Crippen LogP contribution in [0.5, 0.6) is 0 Å². The highest BCUT2D eigenvalue weighted by molar-refractivity contribution is 5.74. The van der Waals surface area contributed by atoms with E-state index in [4.69, 9.17) is 0 Å². The van der Waals surface area contributed by atoms with Gasteiger partial charge in [-0.2, -0.15) is 0 Å². The van der Waals surface area contributed by atoms with E-state index in [0.29, 0.717) is 5.56 Å². The Hall–Kier alpha value is -1.15. The Kier molecular flexibility index (Phi) is 3.06. The monoisotopic (exact) mass is 192 g/mol. The molecule has 0 aliphatic carbocycles. The van der Waals surface area contributed by atoms with Gasteiger partial charge in [-0.15, -0.1) is 0 Å². The van der Waals surface area contributed by atoms with Crippen molar-refractivity contribution in [3.05, 3.63) is 35.4 Å². The molecule has 0 amide bonds. The van der Waals surface area contributed by atoms with Crippen LogP contribution in [0.3, 0.4) is 0 Å². The van der Waals surface area contributed by atoms with Gasteiger partial charge in [-0.3, -0.25) is 4.79 Å². The van der Waals surface area contributed by atoms with E-state index in [-0.39, 0.29) is 5.41 Å². The summed E-state index contributed by atoms with van der Waals surface area (Å²) in [4.78, 5) is 10.4. The van der Waals surface area contributed by atoms with Crippen LogP contribution in [0.25, 0.3) is 0 Å². The molecule has 1 atom stereocenters. The zero-order valence-corrected chi connectivity index (χ0v) is 8.82. The summed E-state index contributed by atoms with van der Waals surface area (Å²) in [5.74, 6) is 0. The van der Waals surface area contributed by atoms with E-state index >= 15 is 0 Å². The smallest absolute Gasteiger partial charge is 0.150 e. The molecule has 0 aliphatic rings. The summed E-state index contributed by atoms with van der Waals surface area (Å²) in [5, 5.41) is 9.93. The maximum Gasteiger partial charge on any atom is 0.150 e. The molecule has 1 N–H and O–H groups in total. The number of rotatable bonds is 2. The van der Waals surface area contributed by atoms with Gasteiger partial charge in [-0.05, 0) is 11.0 Å². The normalized spacial score (nSPS) is 13.7. The van der Waals surface area contributed by atoms with Crippen molar-refractivity contribution in [2.75, 3.05) is 0 Å². The predicted octanol–water partition coefficient (Wildman–Crippen LogP) is 2.58. The van der Waals surface area contributed by atoms with Crippen molar-refractivity contribution in [1.29, 1.82) is 0 Å². The molecule has 76 valence electrons. The van der Waals surface area contributed by atoms with Gasteiger partial charge in [0.25, 0.3) is 0 Å². The number of hydrogen-bond donors (Lipinski definition) is 1. The van der Waals surface area contributed by atoms with Crippen LogP contribution in [0.2, 0.25) is 0 Å². The molecule has 0 aromatic heterocycles. The van der Waals surface area contributed by atoms with E-state index < -0.39 is 6.10 Å². The minimum atomic E-state index is -0.497. The van der Waals surface area contributed by atoms with Crippen LogP contribution in [0.1, 0.15) is 42.8 Å². The Bertz CT molecular complexity index is 306. The molecule has 1 aromatic rings. The molecule has 1 aromatic carbocycles. The van der Waals surface area contributed by atoms with Crippen molar-refractivity contribution in [1.82, 2.24) is 0 Å². The Morgan fingerprint density at radius 1 is 1.21 bits per heavy atom. The molecule has 0 heterocycles. The van der Waals surface area contributed by atoms with Crippen molar-refractivity contribution < 1.29 is 9.90 Å². The number of hydrogen-bond acceptors (Lipinski definition) is 2. The fraction of sp³-hybridized carbons (Fsp3) is 0.417. The van der Waals surface area contributed by atoms with Gasteiger partial charge in [-0.1, -0.05) is 45.0 Å². The highest BCUT2D eigenvalue weighted by atomic mass is 16.3. The van der Waals surface area contributed by atoms with Gasteiger partial charge in [0.05, 0.1) is 6.10 Å². The lowest BCUT2D eigenvalue weighted by Crippen LogP contribution is -2.17. The fourth-order valence-electron chi connectivity index (χ4n) is 1.26. The van der Waals surface area contributed by atoms with Gasteiger partial charge in [0, 0.05) is 5.56 Å². The zero-order chi connectivity index (χ0) is 10.8. The summed E-state index contributed by atoms with van der Waals surface area (Å²) in [7, 11) is 0. The summed E-state index contributed by atoms with van der Waals surface area (Å²) < 4.78 is 0. The number of aliphatic hydroxyl groups excluding tert-OH is 1. The topological polar surface area (TPSA) is 37.3 Å². The van der Waals surface area contributed by atoms with Crippen LogP contribution in [0.15, 0.2) is 24.3 Å². The summed E-state index contributed by atoms with van der Waals surface area (Å²) in [5.41, 5.74) is 1.31. The first kappa shape index (κ1) is 10.9. The second-order valence-corrected chi connectivity index (χ2v) is 4.55. The van der Waals surface area contributed by atoms with Gasteiger partial charge in [0.15, 0.2) is 0 Å². The molecule has 0 fully saturated rings. The van der Waals surface area contributed by atoms with Gasteiger partial charge < -0.3 is 5.11 Å². The van der Waals surface area contributed by atoms with Gasteiger partial charge in [0.2, 0.25) is 0 Å². The molecule has 0 saturated heterocycles. The lowest BCUT2D eigenvalue weighted by Gasteiger charge is -2.26. The fourth-order valence-corrected chi connectivity index (χ4v) is 1.26. The lowest BCUT2D eigenvalue weighted by molar-refractivity contribution is 0.0626. The minimum absolute atomic E-state index is 0.178. The second kappa shape index (κ2) is 3.93. The number of carbonyl (C=O) groups is 1. The van der Waals surface area contributed by atoms with Crippen LogP contribution in [-0.2, 0) is 0 Å². The SMILES string of the molecule is CC(C)(C)C(O)c1ccc(C=O)cc1. The van der Waals surface area contributed by atoms with E-state index in [1.165, 1.54) is 0 Å². The minimum Gasteiger partial charge on any atom is -0.388 e. The molecule has 2 nitrogen and oxygen atoms in total. The van der Waals surface area contributed by atoms with E-state index in [2.05, 4.69) is 0 Å². The molecule has 14 heavy (non-hydrogen) atoms. The second-order valence-electron chi connectivity index (χ2n) is 4.55. The standard InChI is InChI=1S/C12H16O2/c1-12(2,3)11(14)10-6-4-9(8-13)5-7-10/h4-8,11,14H,1-3H3. The molecule has 0 aliphatic heterocycles. The van der Waals surface area contributed by atoms with Crippen molar-refractivity contribution >= 4 is 6.29 Å². The average molecular weight is 192 g/mol. The van der Waals surface area contributed by atoms with Crippen LogP contribution in [0, 0.1) is 5.41 Å². The van der Waals surface area contributed by atoms with E-state index in [1.807, 2.05) is 20.8 Å². The predicted molar refractivity (Wildman–Crippen MR) is 56.2 cm³/mol. The van der Waals surface area contributed by atoms with Crippen molar-refractivity contribution in [2.45, 2.75) is 26.9 Å². The summed E-state index contributed by atoms with van der Waals surface area (Å²) in [6.07, 6.45) is 0.302. The number of carbonyl (C=O) groups excluding carboxylic acids is 1. The van der Waals surface area contributed by atoms with Gasteiger partial charge >= 0.3 is 0 Å². The van der Waals surface area contributed by atoms with Crippen LogP contribution in [-0.4, -0.2) is 11.4 Å². The highest BCUT2D eigenvalue weighted by Gasteiger charge is 2.23. The van der Waals surface area contributed by atoms with Crippen LogP contribution < -0.4 is 0 Å². The maximum absolute atomic E-state index is 10.4. The number of benzene rings is 1. The largest absolute Gasteiger partial charge is 0.388 e. The molecule has 0 bridgehead atoms. The van der Waals surface area contributed by atoms with E-state index in [9.17, 15) is 9.90 Å². The first-order valence-corrected chi connectivity index (χ1v) is 4.68. The molecule has 0 radical (unpaired) electrons. The van der Waals surface area contributed by atoms with Crippen LogP contribution >= 0.6 is 0 Å². The summed E-state index contributed by atoms with van der Waals surface area (Å²) in [6, 6.07) is 7.02. The lowest BCUT2D eigenvalue weighted by atomic mass is 9.85. The van der Waals surface area contributed by atoms with Crippen LogP contribution in [0.4, 0.5) is 0 Å². The molecule has 1 unspecified atom stereocenters. The quantitative estimate of drug-likeness (QED) is 0.731.